The van der Waals surface area contributed by atoms with Crippen LogP contribution in [-0.4, -0.2) is 18.1 Å². The summed E-state index contributed by atoms with van der Waals surface area (Å²) in [4.78, 5) is 4.75. The van der Waals surface area contributed by atoms with Gasteiger partial charge < -0.3 is 5.32 Å². The topological polar surface area (TPSA) is 24.9 Å². The molecule has 1 heterocycles. The summed E-state index contributed by atoms with van der Waals surface area (Å²) in [5.41, 5.74) is 2.60. The lowest BCUT2D eigenvalue weighted by molar-refractivity contribution is 0.315. The van der Waals surface area contributed by atoms with E-state index in [0.29, 0.717) is 11.5 Å². The molecule has 2 heteroatoms. The number of pyridine rings is 1. The molecule has 0 fully saturated rings. The lowest BCUT2D eigenvalue weighted by atomic mass is 9.86. The zero-order chi connectivity index (χ0) is 13.9. The highest BCUT2D eigenvalue weighted by molar-refractivity contribution is 5.78. The van der Waals surface area contributed by atoms with Crippen LogP contribution < -0.4 is 5.32 Å². The van der Waals surface area contributed by atoms with Crippen molar-refractivity contribution >= 4 is 10.9 Å². The molecule has 2 aromatic rings. The average Bonchev–Trinajstić information content (AvgIpc) is 2.36. The van der Waals surface area contributed by atoms with Crippen LogP contribution in [0.2, 0.25) is 0 Å². The Morgan fingerprint density at radius 1 is 1.11 bits per heavy atom. The molecule has 0 bridgehead atoms. The second kappa shape index (κ2) is 5.70. The number of nitrogens with one attached hydrogen (secondary N) is 1. The van der Waals surface area contributed by atoms with Gasteiger partial charge in [0.2, 0.25) is 0 Å². The first-order valence-corrected chi connectivity index (χ1v) is 7.00. The summed E-state index contributed by atoms with van der Waals surface area (Å²) in [5, 5.41) is 4.63. The van der Waals surface area contributed by atoms with Crippen LogP contribution in [0.4, 0.5) is 0 Å². The minimum Gasteiger partial charge on any atom is -0.317 e. The fourth-order valence-corrected chi connectivity index (χ4v) is 2.49. The molecule has 0 radical (unpaired) electrons. The first kappa shape index (κ1) is 14.0. The Morgan fingerprint density at radius 2 is 1.84 bits per heavy atom. The molecular weight excluding hydrogens is 232 g/mol. The maximum absolute atomic E-state index is 4.75. The Morgan fingerprint density at radius 3 is 2.53 bits per heavy atom. The molecule has 0 spiro atoms. The molecule has 0 saturated heterocycles. The number of aromatic nitrogens is 1. The summed E-state index contributed by atoms with van der Waals surface area (Å²) < 4.78 is 0. The third-order valence-corrected chi connectivity index (χ3v) is 3.38. The zero-order valence-electron chi connectivity index (χ0n) is 12.4. The molecule has 0 amide bonds. The fourth-order valence-electron chi connectivity index (χ4n) is 2.49. The Bertz CT molecular complexity index is 540. The molecule has 0 aliphatic heterocycles. The lowest BCUT2D eigenvalue weighted by Crippen LogP contribution is -2.32. The van der Waals surface area contributed by atoms with Crippen LogP contribution in [0, 0.1) is 5.41 Å². The second-order valence-corrected chi connectivity index (χ2v) is 6.45. The second-order valence-electron chi connectivity index (χ2n) is 6.45. The van der Waals surface area contributed by atoms with Gasteiger partial charge in [0.05, 0.1) is 5.52 Å². The van der Waals surface area contributed by atoms with Gasteiger partial charge in [-0.3, -0.25) is 4.98 Å². The third-order valence-electron chi connectivity index (χ3n) is 3.38. The third kappa shape index (κ3) is 4.03. The van der Waals surface area contributed by atoms with E-state index in [1.165, 1.54) is 11.1 Å². The minimum absolute atomic E-state index is 0.338. The van der Waals surface area contributed by atoms with Gasteiger partial charge >= 0.3 is 0 Å². The summed E-state index contributed by atoms with van der Waals surface area (Å²) in [6.07, 6.45) is 2.14. The fraction of sp³-hybridized carbons (Fsp3) is 0.471. The van der Waals surface area contributed by atoms with Gasteiger partial charge in [0, 0.05) is 23.5 Å². The Kier molecular flexibility index (Phi) is 4.20. The van der Waals surface area contributed by atoms with Crippen LogP contribution in [0.25, 0.3) is 10.9 Å². The van der Waals surface area contributed by atoms with Crippen LogP contribution in [0.3, 0.4) is 0 Å². The first-order chi connectivity index (χ1) is 8.98. The molecule has 1 aromatic carbocycles. The van der Waals surface area contributed by atoms with Crippen molar-refractivity contribution in [2.24, 2.45) is 5.41 Å². The van der Waals surface area contributed by atoms with E-state index in [9.17, 15) is 0 Å². The summed E-state index contributed by atoms with van der Waals surface area (Å²) in [7, 11) is 2.04. The van der Waals surface area contributed by atoms with E-state index in [1.54, 1.807) is 0 Å². The summed E-state index contributed by atoms with van der Waals surface area (Å²) in [6, 6.07) is 13.1. The predicted octanol–water partition coefficient (Wildman–Crippen LogP) is 3.80. The van der Waals surface area contributed by atoms with E-state index in [-0.39, 0.29) is 0 Å². The molecular formula is C17H24N2. The molecule has 1 atom stereocenters. The van der Waals surface area contributed by atoms with Crippen molar-refractivity contribution in [1.29, 1.82) is 0 Å². The van der Waals surface area contributed by atoms with Crippen molar-refractivity contribution in [1.82, 2.24) is 10.3 Å². The molecule has 1 aromatic heterocycles. The number of fused-ring (bicyclic) bond motifs is 1. The smallest absolute Gasteiger partial charge is 0.0705 e. The molecule has 2 rings (SSSR count). The molecule has 0 saturated carbocycles. The van der Waals surface area contributed by atoms with E-state index in [4.69, 9.17) is 4.98 Å². The van der Waals surface area contributed by atoms with Gasteiger partial charge in [0.25, 0.3) is 0 Å². The monoisotopic (exact) mass is 256 g/mol. The number of likely N-dealkylation sites (N-methyl/N-ethyl adjacent to an activating group) is 1. The number of nitrogens with zero attached hydrogens (tertiary/aromatic N) is 1. The van der Waals surface area contributed by atoms with E-state index in [2.05, 4.69) is 56.4 Å². The maximum Gasteiger partial charge on any atom is 0.0705 e. The van der Waals surface area contributed by atoms with Gasteiger partial charge in [-0.15, -0.1) is 0 Å². The van der Waals surface area contributed by atoms with Crippen molar-refractivity contribution in [2.45, 2.75) is 39.7 Å². The molecule has 102 valence electrons. The van der Waals surface area contributed by atoms with Crippen molar-refractivity contribution in [3.05, 3.63) is 42.1 Å². The lowest BCUT2D eigenvalue weighted by Gasteiger charge is -2.25. The highest BCUT2D eigenvalue weighted by Gasteiger charge is 2.18. The molecule has 0 aliphatic carbocycles. The van der Waals surface area contributed by atoms with Gasteiger partial charge in [0.15, 0.2) is 0 Å². The van der Waals surface area contributed by atoms with Gasteiger partial charge in [-0.05, 0) is 31.0 Å². The Balaban J connectivity index is 2.15. The van der Waals surface area contributed by atoms with Crippen molar-refractivity contribution in [3.63, 3.8) is 0 Å². The van der Waals surface area contributed by atoms with Crippen LogP contribution >= 0.6 is 0 Å². The number of rotatable bonds is 4. The Hall–Kier alpha value is -1.41. The van der Waals surface area contributed by atoms with Gasteiger partial charge in [0.1, 0.15) is 0 Å². The molecule has 2 nitrogen and oxygen atoms in total. The van der Waals surface area contributed by atoms with Gasteiger partial charge in [-0.1, -0.05) is 45.0 Å². The average molecular weight is 256 g/mol. The SMILES string of the molecule is CNC(Cc1ccc2ccccc2n1)CC(C)(C)C. The van der Waals surface area contributed by atoms with Crippen LogP contribution in [0.5, 0.6) is 0 Å². The number of para-hydroxylation sites is 1. The van der Waals surface area contributed by atoms with Crippen LogP contribution in [0.1, 0.15) is 32.9 Å². The van der Waals surface area contributed by atoms with E-state index < -0.39 is 0 Å². The Labute approximate surface area is 116 Å². The van der Waals surface area contributed by atoms with E-state index in [0.717, 1.165) is 18.4 Å². The molecule has 1 unspecified atom stereocenters. The summed E-state index contributed by atoms with van der Waals surface area (Å²) in [5.74, 6) is 0. The maximum atomic E-state index is 4.75. The predicted molar refractivity (Wildman–Crippen MR) is 82.4 cm³/mol. The number of hydrogen-bond acceptors (Lipinski definition) is 2. The highest BCUT2D eigenvalue weighted by atomic mass is 14.9. The van der Waals surface area contributed by atoms with Crippen molar-refractivity contribution in [2.75, 3.05) is 7.05 Å². The molecule has 19 heavy (non-hydrogen) atoms. The highest BCUT2D eigenvalue weighted by Crippen LogP contribution is 2.22. The number of hydrogen-bond donors (Lipinski definition) is 1. The minimum atomic E-state index is 0.338. The van der Waals surface area contributed by atoms with Crippen molar-refractivity contribution in [3.8, 4) is 0 Å². The van der Waals surface area contributed by atoms with Gasteiger partial charge in [-0.2, -0.15) is 0 Å². The summed E-state index contributed by atoms with van der Waals surface area (Å²) >= 11 is 0. The van der Waals surface area contributed by atoms with Crippen LogP contribution in [0.15, 0.2) is 36.4 Å². The molecule has 1 N–H and O–H groups in total. The quantitative estimate of drug-likeness (QED) is 0.900. The van der Waals surface area contributed by atoms with E-state index in [1.807, 2.05) is 13.1 Å². The zero-order valence-corrected chi connectivity index (χ0v) is 12.4. The normalized spacial score (nSPS) is 13.7. The largest absolute Gasteiger partial charge is 0.317 e. The first-order valence-electron chi connectivity index (χ1n) is 7.00. The van der Waals surface area contributed by atoms with E-state index >= 15 is 0 Å². The summed E-state index contributed by atoms with van der Waals surface area (Å²) in [6.45, 7) is 6.85. The van der Waals surface area contributed by atoms with Gasteiger partial charge in [-0.25, -0.2) is 0 Å². The van der Waals surface area contributed by atoms with Crippen molar-refractivity contribution < 1.29 is 0 Å². The number of benzene rings is 1. The molecule has 0 aliphatic rings. The standard InChI is InChI=1S/C17H24N2/c1-17(2,3)12-15(18-4)11-14-10-9-13-7-5-6-8-16(13)19-14/h5-10,15,18H,11-12H2,1-4H3. The van der Waals surface area contributed by atoms with Crippen LogP contribution in [-0.2, 0) is 6.42 Å².